The lowest BCUT2D eigenvalue weighted by molar-refractivity contribution is -0.113. The van der Waals surface area contributed by atoms with E-state index in [1.54, 1.807) is 29.2 Å². The normalized spacial score (nSPS) is 13.2. The van der Waals surface area contributed by atoms with Crippen molar-refractivity contribution in [3.8, 4) is 0 Å². The summed E-state index contributed by atoms with van der Waals surface area (Å²) in [6, 6.07) is 11.1. The molecule has 6 heteroatoms. The van der Waals surface area contributed by atoms with Gasteiger partial charge in [-0.2, -0.15) is 0 Å². The fraction of sp³-hybridized carbons (Fsp3) is 0.176. The van der Waals surface area contributed by atoms with Gasteiger partial charge in [-0.3, -0.25) is 9.59 Å². The summed E-state index contributed by atoms with van der Waals surface area (Å²) in [6.07, 6.45) is 0. The summed E-state index contributed by atoms with van der Waals surface area (Å²) in [5, 5.41) is 2.78. The highest BCUT2D eigenvalue weighted by molar-refractivity contribution is 8.00. The van der Waals surface area contributed by atoms with E-state index in [9.17, 15) is 14.0 Å². The summed E-state index contributed by atoms with van der Waals surface area (Å²) in [7, 11) is 0. The number of nitrogens with zero attached hydrogens (tertiary/aromatic N) is 1. The van der Waals surface area contributed by atoms with Crippen molar-refractivity contribution in [1.82, 2.24) is 0 Å². The highest BCUT2D eigenvalue weighted by atomic mass is 32.2. The van der Waals surface area contributed by atoms with Crippen LogP contribution in [0.1, 0.15) is 17.3 Å². The number of nitrogens with one attached hydrogen (secondary N) is 1. The van der Waals surface area contributed by atoms with Crippen molar-refractivity contribution >= 4 is 35.0 Å². The Hall–Kier alpha value is -2.34. The van der Waals surface area contributed by atoms with Gasteiger partial charge in [0.2, 0.25) is 5.91 Å². The van der Waals surface area contributed by atoms with Gasteiger partial charge in [0.15, 0.2) is 0 Å². The first-order valence-electron chi connectivity index (χ1n) is 7.22. The minimum absolute atomic E-state index is 0.0713. The van der Waals surface area contributed by atoms with Crippen LogP contribution in [0.2, 0.25) is 0 Å². The minimum atomic E-state index is -0.342. The molecule has 0 atom stereocenters. The zero-order valence-corrected chi connectivity index (χ0v) is 13.3. The molecule has 0 aromatic heterocycles. The number of rotatable bonds is 3. The molecule has 0 saturated heterocycles. The summed E-state index contributed by atoms with van der Waals surface area (Å²) in [5.74, 6) is -0.216. The average Bonchev–Trinajstić information content (AvgIpc) is 2.56. The number of carbonyl (C=O) groups excluding carboxylic acids is 2. The van der Waals surface area contributed by atoms with Crippen LogP contribution < -0.4 is 10.2 Å². The summed E-state index contributed by atoms with van der Waals surface area (Å²) < 4.78 is 13.1. The number of hydrogen-bond acceptors (Lipinski definition) is 3. The molecule has 0 bridgehead atoms. The summed E-state index contributed by atoms with van der Waals surface area (Å²) >= 11 is 1.45. The molecule has 1 heterocycles. The van der Waals surface area contributed by atoms with E-state index in [2.05, 4.69) is 5.32 Å². The molecule has 0 saturated carbocycles. The summed E-state index contributed by atoms with van der Waals surface area (Å²) in [5.41, 5.74) is 1.78. The van der Waals surface area contributed by atoms with Crippen molar-refractivity contribution in [2.75, 3.05) is 22.5 Å². The molecule has 2 amide bonds. The molecule has 0 radical (unpaired) electrons. The second-order valence-corrected chi connectivity index (χ2v) is 6.09. The van der Waals surface area contributed by atoms with Crippen molar-refractivity contribution in [2.45, 2.75) is 11.8 Å². The molecule has 2 aromatic rings. The van der Waals surface area contributed by atoms with Crippen LogP contribution in [0.25, 0.3) is 0 Å². The molecule has 1 aliphatic rings. The van der Waals surface area contributed by atoms with Gasteiger partial charge in [-0.15, -0.1) is 11.8 Å². The van der Waals surface area contributed by atoms with Gasteiger partial charge in [0.25, 0.3) is 5.91 Å². The minimum Gasteiger partial charge on any atom is -0.324 e. The monoisotopic (exact) mass is 330 g/mol. The summed E-state index contributed by atoms with van der Waals surface area (Å²) in [6.45, 7) is 2.32. The Bertz CT molecular complexity index is 762. The number of carbonyl (C=O) groups is 2. The zero-order chi connectivity index (χ0) is 16.4. The summed E-state index contributed by atoms with van der Waals surface area (Å²) in [4.78, 5) is 26.7. The highest BCUT2D eigenvalue weighted by Gasteiger charge is 2.20. The Balaban J connectivity index is 1.90. The number of benzene rings is 2. The molecule has 1 aliphatic heterocycles. The fourth-order valence-corrected chi connectivity index (χ4v) is 3.22. The number of hydrogen-bond donors (Lipinski definition) is 1. The second kappa shape index (κ2) is 6.42. The smallest absolute Gasteiger partial charge is 0.258 e. The number of thioether (sulfide) groups is 1. The first-order valence-corrected chi connectivity index (χ1v) is 8.21. The van der Waals surface area contributed by atoms with Gasteiger partial charge < -0.3 is 10.2 Å². The first-order chi connectivity index (χ1) is 11.1. The predicted molar refractivity (Wildman–Crippen MR) is 89.5 cm³/mol. The maximum atomic E-state index is 13.1. The van der Waals surface area contributed by atoms with Gasteiger partial charge in [-0.1, -0.05) is 0 Å². The molecule has 23 heavy (non-hydrogen) atoms. The molecule has 0 fully saturated rings. The van der Waals surface area contributed by atoms with Crippen molar-refractivity contribution < 1.29 is 14.0 Å². The van der Waals surface area contributed by atoms with Crippen LogP contribution in [0, 0.1) is 5.82 Å². The van der Waals surface area contributed by atoms with Gasteiger partial charge in [-0.05, 0) is 49.4 Å². The number of amides is 2. The van der Waals surface area contributed by atoms with Crippen LogP contribution in [0.5, 0.6) is 0 Å². The maximum absolute atomic E-state index is 13.1. The van der Waals surface area contributed by atoms with Crippen LogP contribution in [0.3, 0.4) is 0 Å². The van der Waals surface area contributed by atoms with Crippen LogP contribution in [-0.4, -0.2) is 24.1 Å². The number of halogens is 1. The Morgan fingerprint density at radius 1 is 1.26 bits per heavy atom. The van der Waals surface area contributed by atoms with Gasteiger partial charge in [-0.25, -0.2) is 4.39 Å². The average molecular weight is 330 g/mol. The van der Waals surface area contributed by atoms with E-state index in [1.807, 2.05) is 13.0 Å². The third-order valence-electron chi connectivity index (χ3n) is 3.56. The van der Waals surface area contributed by atoms with Crippen LogP contribution >= 0.6 is 11.8 Å². The number of anilines is 2. The standard InChI is InChI=1S/C17H15FN2O2S/c1-2-20(13-6-4-12(18)5-7-13)17(22)11-3-8-15-14(9-11)19-16(21)10-23-15/h3-9H,2,10H2,1H3,(H,19,21). The van der Waals surface area contributed by atoms with Crippen LogP contribution in [0.4, 0.5) is 15.8 Å². The van der Waals surface area contributed by atoms with Crippen molar-refractivity contribution in [3.05, 3.63) is 53.8 Å². The van der Waals surface area contributed by atoms with Gasteiger partial charge >= 0.3 is 0 Å². The van der Waals surface area contributed by atoms with Crippen molar-refractivity contribution in [1.29, 1.82) is 0 Å². The van der Waals surface area contributed by atoms with Gasteiger partial charge in [0.1, 0.15) is 5.82 Å². The second-order valence-electron chi connectivity index (χ2n) is 5.07. The molecule has 0 spiro atoms. The van der Waals surface area contributed by atoms with Gasteiger partial charge in [0, 0.05) is 22.7 Å². The SMILES string of the molecule is CCN(C(=O)c1ccc2c(c1)NC(=O)CS2)c1ccc(F)cc1. The highest BCUT2D eigenvalue weighted by Crippen LogP contribution is 2.32. The van der Waals surface area contributed by atoms with Crippen LogP contribution in [-0.2, 0) is 4.79 Å². The molecular weight excluding hydrogens is 315 g/mol. The molecule has 4 nitrogen and oxygen atoms in total. The van der Waals surface area contributed by atoms with E-state index in [4.69, 9.17) is 0 Å². The predicted octanol–water partition coefficient (Wildman–Crippen LogP) is 3.54. The lowest BCUT2D eigenvalue weighted by Gasteiger charge is -2.22. The zero-order valence-electron chi connectivity index (χ0n) is 12.5. The third-order valence-corrected chi connectivity index (χ3v) is 4.63. The molecule has 118 valence electrons. The van der Waals surface area contributed by atoms with E-state index in [0.29, 0.717) is 29.2 Å². The Labute approximate surface area is 137 Å². The number of fused-ring (bicyclic) bond motifs is 1. The quantitative estimate of drug-likeness (QED) is 0.936. The lowest BCUT2D eigenvalue weighted by atomic mass is 10.1. The van der Waals surface area contributed by atoms with Gasteiger partial charge in [0.05, 0.1) is 11.4 Å². The molecule has 0 aliphatic carbocycles. The van der Waals surface area contributed by atoms with Crippen molar-refractivity contribution in [2.24, 2.45) is 0 Å². The van der Waals surface area contributed by atoms with Crippen LogP contribution in [0.15, 0.2) is 47.4 Å². The molecule has 2 aromatic carbocycles. The molecule has 1 N–H and O–H groups in total. The largest absolute Gasteiger partial charge is 0.324 e. The first kappa shape index (κ1) is 15.6. The third kappa shape index (κ3) is 3.22. The van der Waals surface area contributed by atoms with E-state index in [1.165, 1.54) is 23.9 Å². The van der Waals surface area contributed by atoms with Crippen molar-refractivity contribution in [3.63, 3.8) is 0 Å². The topological polar surface area (TPSA) is 49.4 Å². The Kier molecular flexibility index (Phi) is 4.34. The maximum Gasteiger partial charge on any atom is 0.258 e. The molecule has 3 rings (SSSR count). The lowest BCUT2D eigenvalue weighted by Crippen LogP contribution is -2.31. The molecular formula is C17H15FN2O2S. The van der Waals surface area contributed by atoms with E-state index < -0.39 is 0 Å². The van der Waals surface area contributed by atoms with E-state index in [0.717, 1.165) is 4.90 Å². The molecule has 0 unspecified atom stereocenters. The Morgan fingerprint density at radius 3 is 2.70 bits per heavy atom. The van der Waals surface area contributed by atoms with E-state index in [-0.39, 0.29) is 17.6 Å². The van der Waals surface area contributed by atoms with E-state index >= 15 is 0 Å². The Morgan fingerprint density at radius 2 is 2.00 bits per heavy atom. The fourth-order valence-electron chi connectivity index (χ4n) is 2.44.